The maximum absolute atomic E-state index is 14.0. The van der Waals surface area contributed by atoms with E-state index in [4.69, 9.17) is 9.72 Å². The number of hydrogen-bond donors (Lipinski definition) is 1. The summed E-state index contributed by atoms with van der Waals surface area (Å²) >= 11 is 0. The fraction of sp³-hybridized carbons (Fsp3) is 0.588. The third-order valence-corrected chi connectivity index (χ3v) is 15.9. The number of fused-ring (bicyclic) bond motifs is 4. The van der Waals surface area contributed by atoms with Crippen LogP contribution >= 0.6 is 0 Å². The molecule has 216 valence electrons. The predicted octanol–water partition coefficient (Wildman–Crippen LogP) is 7.28. The lowest BCUT2D eigenvalue weighted by atomic mass is 9.77. The number of carbonyl (C=O) groups is 1. The molecule has 3 aromatic rings. The summed E-state index contributed by atoms with van der Waals surface area (Å²) in [4.78, 5) is 25.0. The Morgan fingerprint density at radius 1 is 1.10 bits per heavy atom. The first-order valence-electron chi connectivity index (χ1n) is 15.7. The third kappa shape index (κ3) is 5.29. The van der Waals surface area contributed by atoms with Gasteiger partial charge < -0.3 is 14.6 Å². The van der Waals surface area contributed by atoms with E-state index in [2.05, 4.69) is 81.8 Å². The molecule has 3 aliphatic rings. The van der Waals surface area contributed by atoms with Gasteiger partial charge in [0.05, 0.1) is 36.0 Å². The van der Waals surface area contributed by atoms with Gasteiger partial charge in [-0.15, -0.1) is 0 Å². The van der Waals surface area contributed by atoms with Gasteiger partial charge in [0, 0.05) is 29.2 Å². The zero-order valence-corrected chi connectivity index (χ0v) is 26.6. The van der Waals surface area contributed by atoms with Crippen LogP contribution < -0.4 is 5.32 Å². The van der Waals surface area contributed by atoms with Crippen LogP contribution in [0.5, 0.6) is 0 Å². The van der Waals surface area contributed by atoms with E-state index in [1.807, 2.05) is 12.3 Å². The van der Waals surface area contributed by atoms with Crippen molar-refractivity contribution in [3.63, 3.8) is 0 Å². The van der Waals surface area contributed by atoms with E-state index in [1.54, 1.807) is 0 Å². The average Bonchev–Trinajstić information content (AvgIpc) is 3.38. The molecule has 2 aliphatic heterocycles. The summed E-state index contributed by atoms with van der Waals surface area (Å²) in [5.41, 5.74) is 3.90. The molecule has 6 heteroatoms. The maximum atomic E-state index is 14.0. The van der Waals surface area contributed by atoms with Crippen LogP contribution in [0.25, 0.3) is 10.9 Å². The Kier molecular flexibility index (Phi) is 8.58. The van der Waals surface area contributed by atoms with E-state index in [9.17, 15) is 4.79 Å². The van der Waals surface area contributed by atoms with Crippen molar-refractivity contribution in [2.24, 2.45) is 5.92 Å². The molecular formula is C34H49N3O2Si. The number of benzene rings is 1. The Bertz CT molecular complexity index is 1300. The Morgan fingerprint density at radius 2 is 1.77 bits per heavy atom. The molecule has 0 radical (unpaired) electrons. The molecule has 1 aliphatic carbocycles. The van der Waals surface area contributed by atoms with Gasteiger partial charge in [-0.05, 0) is 62.6 Å². The van der Waals surface area contributed by atoms with Crippen LogP contribution in [-0.2, 0) is 21.6 Å². The number of nitrogens with zero attached hydrogens (tertiary/aromatic N) is 2. The summed E-state index contributed by atoms with van der Waals surface area (Å²) in [5, 5.41) is 2.69. The Hall–Kier alpha value is -2.44. The summed E-state index contributed by atoms with van der Waals surface area (Å²) in [7, 11) is -1.72. The molecule has 1 N–H and O–H groups in total. The molecule has 2 bridgehead atoms. The number of ether oxygens (including phenoxy) is 1. The van der Waals surface area contributed by atoms with Crippen molar-refractivity contribution in [1.29, 1.82) is 0 Å². The summed E-state index contributed by atoms with van der Waals surface area (Å²) < 4.78 is 6.29. The Morgan fingerprint density at radius 3 is 2.38 bits per heavy atom. The highest BCUT2D eigenvalue weighted by Gasteiger charge is 2.43. The Balaban J connectivity index is 1.50. The molecule has 1 saturated carbocycles. The van der Waals surface area contributed by atoms with Crippen molar-refractivity contribution in [3.05, 3.63) is 59.4 Å². The van der Waals surface area contributed by atoms with Crippen molar-refractivity contribution in [3.8, 4) is 0 Å². The van der Waals surface area contributed by atoms with Gasteiger partial charge in [0.15, 0.2) is 0 Å². The van der Waals surface area contributed by atoms with Crippen LogP contribution in [0.1, 0.15) is 90.0 Å². The maximum Gasteiger partial charge on any atom is 0.234 e. The number of pyridine rings is 1. The number of hydrogen-bond acceptors (Lipinski definition) is 3. The zero-order valence-electron chi connectivity index (χ0n) is 25.6. The first kappa shape index (κ1) is 29.1. The topological polar surface area (TPSA) is 58.2 Å². The van der Waals surface area contributed by atoms with Crippen molar-refractivity contribution in [1.82, 2.24) is 14.9 Å². The number of rotatable bonds is 11. The highest BCUT2D eigenvalue weighted by Crippen LogP contribution is 2.39. The van der Waals surface area contributed by atoms with Gasteiger partial charge in [0.1, 0.15) is 8.07 Å². The summed E-state index contributed by atoms with van der Waals surface area (Å²) in [6.45, 7) is 15.7. The number of aromatic nitrogens is 2. The average molecular weight is 560 g/mol. The number of amides is 1. The van der Waals surface area contributed by atoms with E-state index in [1.165, 1.54) is 52.8 Å². The van der Waals surface area contributed by atoms with Crippen LogP contribution in [0.2, 0.25) is 18.1 Å². The lowest BCUT2D eigenvalue weighted by Crippen LogP contribution is -2.55. The monoisotopic (exact) mass is 559 g/mol. The lowest BCUT2D eigenvalue weighted by Gasteiger charge is -2.47. The highest BCUT2D eigenvalue weighted by molar-refractivity contribution is 6.91. The number of nitrogens with one attached hydrogen (secondary N) is 1. The van der Waals surface area contributed by atoms with Crippen LogP contribution in [-0.4, -0.2) is 48.0 Å². The van der Waals surface area contributed by atoms with Crippen LogP contribution in [0.4, 0.5) is 0 Å². The second kappa shape index (κ2) is 11.8. The molecule has 1 amide bonds. The minimum atomic E-state index is -1.72. The zero-order chi connectivity index (χ0) is 28.5. The number of H-pyrrole nitrogens is 1. The first-order valence-corrected chi connectivity index (χ1v) is 18.3. The van der Waals surface area contributed by atoms with Gasteiger partial charge >= 0.3 is 0 Å². The SMILES string of the molecule is CC[Si](CC)(CC)c1[nH]c2cnc(C(C)(C)C(=O)N3CC4CCC3CC4)cc2c1C(C)COCc1ccccc1. The fourth-order valence-electron chi connectivity index (χ4n) is 7.46. The standard InChI is InChI=1S/C34H49N3O2Si/c1-7-40(8-2,9-3)32-31(24(4)22-39-23-26-13-11-10-12-14-26)28-19-30(35-20-29(28)36-32)34(5,6)33(38)37-21-25-15-17-27(37)18-16-25/h10-14,19-20,24-25,27,36H,7-9,15-18,21-23H2,1-6H3. The molecule has 5 nitrogen and oxygen atoms in total. The van der Waals surface area contributed by atoms with E-state index >= 15 is 0 Å². The minimum Gasteiger partial charge on any atom is -0.376 e. The molecule has 1 aromatic carbocycles. The van der Waals surface area contributed by atoms with Gasteiger partial charge in [-0.2, -0.15) is 0 Å². The molecule has 4 heterocycles. The van der Waals surface area contributed by atoms with Crippen molar-refractivity contribution < 1.29 is 9.53 Å². The molecule has 1 unspecified atom stereocenters. The fourth-order valence-corrected chi connectivity index (χ4v) is 11.4. The van der Waals surface area contributed by atoms with Gasteiger partial charge in [0.25, 0.3) is 0 Å². The quantitative estimate of drug-likeness (QED) is 0.251. The number of aromatic amines is 1. The highest BCUT2D eigenvalue weighted by atomic mass is 28.3. The molecule has 3 fully saturated rings. The molecule has 2 aromatic heterocycles. The summed E-state index contributed by atoms with van der Waals surface area (Å²) in [5.74, 6) is 1.14. The van der Waals surface area contributed by atoms with E-state index in [0.717, 1.165) is 30.6 Å². The molecule has 2 saturated heterocycles. The van der Waals surface area contributed by atoms with Crippen LogP contribution in [0, 0.1) is 5.92 Å². The normalized spacial score (nSPS) is 20.3. The first-order chi connectivity index (χ1) is 19.2. The van der Waals surface area contributed by atoms with Gasteiger partial charge in [-0.3, -0.25) is 9.78 Å². The number of carbonyl (C=O) groups excluding carboxylic acids is 1. The molecular weight excluding hydrogens is 510 g/mol. The molecule has 6 rings (SSSR count). The largest absolute Gasteiger partial charge is 0.376 e. The molecule has 40 heavy (non-hydrogen) atoms. The van der Waals surface area contributed by atoms with Crippen LogP contribution in [0.3, 0.4) is 0 Å². The van der Waals surface area contributed by atoms with Crippen molar-refractivity contribution in [2.45, 2.75) is 109 Å². The Labute approximate surface area is 242 Å². The third-order valence-electron chi connectivity index (χ3n) is 10.4. The second-order valence-electron chi connectivity index (χ2n) is 13.0. The van der Waals surface area contributed by atoms with Gasteiger partial charge in [0.2, 0.25) is 5.91 Å². The van der Waals surface area contributed by atoms with Crippen molar-refractivity contribution >= 4 is 30.2 Å². The molecule has 1 atom stereocenters. The lowest BCUT2D eigenvalue weighted by molar-refractivity contribution is -0.144. The second-order valence-corrected chi connectivity index (χ2v) is 18.2. The van der Waals surface area contributed by atoms with Gasteiger partial charge in [-0.25, -0.2) is 0 Å². The smallest absolute Gasteiger partial charge is 0.234 e. The van der Waals surface area contributed by atoms with Crippen molar-refractivity contribution in [2.75, 3.05) is 13.2 Å². The molecule has 0 spiro atoms. The summed E-state index contributed by atoms with van der Waals surface area (Å²) in [6, 6.07) is 16.7. The van der Waals surface area contributed by atoms with E-state index in [-0.39, 0.29) is 11.8 Å². The van der Waals surface area contributed by atoms with E-state index in [0.29, 0.717) is 25.2 Å². The summed E-state index contributed by atoms with van der Waals surface area (Å²) in [6.07, 6.45) is 6.85. The minimum absolute atomic E-state index is 0.232. The number of piperidine rings is 2. The van der Waals surface area contributed by atoms with Crippen LogP contribution in [0.15, 0.2) is 42.6 Å². The van der Waals surface area contributed by atoms with E-state index < -0.39 is 13.5 Å². The predicted molar refractivity (Wildman–Crippen MR) is 168 cm³/mol. The van der Waals surface area contributed by atoms with Gasteiger partial charge in [-0.1, -0.05) is 76.2 Å².